The summed E-state index contributed by atoms with van der Waals surface area (Å²) in [6, 6.07) is 11.1. The van der Waals surface area contributed by atoms with Crippen LogP contribution in [0.25, 0.3) is 0 Å². The van der Waals surface area contributed by atoms with Gasteiger partial charge in [0.1, 0.15) is 5.75 Å². The molecule has 0 unspecified atom stereocenters. The molecule has 0 amide bonds. The number of halogens is 1. The van der Waals surface area contributed by atoms with Crippen molar-refractivity contribution in [2.75, 3.05) is 12.0 Å². The summed E-state index contributed by atoms with van der Waals surface area (Å²) in [5, 5.41) is 23.2. The lowest BCUT2D eigenvalue weighted by Gasteiger charge is -2.06. The van der Waals surface area contributed by atoms with Gasteiger partial charge in [0.2, 0.25) is 0 Å². The fourth-order valence-electron chi connectivity index (χ4n) is 1.69. The van der Waals surface area contributed by atoms with Gasteiger partial charge in [0.15, 0.2) is 6.61 Å². The molecule has 0 fully saturated rings. The second-order valence-corrected chi connectivity index (χ2v) is 5.71. The van der Waals surface area contributed by atoms with Crippen LogP contribution in [0.2, 0.25) is 0 Å². The molecule has 124 valence electrons. The molecule has 0 heterocycles. The Bertz CT molecular complexity index is 777. The lowest BCUT2D eigenvalue weighted by molar-refractivity contribution is -0.384. The van der Waals surface area contributed by atoms with E-state index >= 15 is 0 Å². The summed E-state index contributed by atoms with van der Waals surface area (Å²) in [7, 11) is 0. The molecule has 9 heteroatoms. The van der Waals surface area contributed by atoms with E-state index < -0.39 is 17.5 Å². The summed E-state index contributed by atoms with van der Waals surface area (Å²) in [5.41, 5.74) is 4.19. The maximum Gasteiger partial charge on any atom is 0.341 e. The van der Waals surface area contributed by atoms with Gasteiger partial charge >= 0.3 is 5.97 Å². The van der Waals surface area contributed by atoms with Crippen LogP contribution in [0.15, 0.2) is 47.6 Å². The first kappa shape index (κ1) is 17.7. The number of aliphatic carboxylic acids is 1. The number of nitro benzene ring substituents is 1. The zero-order valence-electron chi connectivity index (χ0n) is 12.2. The number of carbonyl (C=O) groups is 1. The van der Waals surface area contributed by atoms with E-state index in [1.54, 1.807) is 36.5 Å². The summed E-state index contributed by atoms with van der Waals surface area (Å²) in [4.78, 5) is 20.6. The molecule has 0 saturated heterocycles. The molecular weight excluding hydrogens is 429 g/mol. The van der Waals surface area contributed by atoms with Crippen LogP contribution < -0.4 is 10.2 Å². The second kappa shape index (κ2) is 8.24. The van der Waals surface area contributed by atoms with Crippen molar-refractivity contribution in [1.82, 2.24) is 0 Å². The zero-order valence-corrected chi connectivity index (χ0v) is 14.3. The van der Waals surface area contributed by atoms with Crippen LogP contribution in [0.5, 0.6) is 5.75 Å². The molecule has 2 rings (SSSR count). The number of carboxylic acids is 1. The SMILES string of the molecule is O=C(O)COc1ccc(/C=N/Nc2ccc([N+](=O)[O-])cc2)cc1I. The standard InChI is InChI=1S/C15H12IN3O5/c16-13-7-10(1-6-14(13)24-9-15(20)21)8-17-18-11-2-4-12(5-3-11)19(22)23/h1-8,18H,9H2,(H,20,21)/b17-8+. The molecule has 2 aromatic rings. The normalized spacial score (nSPS) is 10.5. The minimum Gasteiger partial charge on any atom is -0.481 e. The zero-order chi connectivity index (χ0) is 17.5. The highest BCUT2D eigenvalue weighted by Gasteiger charge is 2.05. The molecule has 0 aliphatic carbocycles. The molecule has 0 atom stereocenters. The van der Waals surface area contributed by atoms with Crippen LogP contribution in [0.3, 0.4) is 0 Å². The molecule has 2 aromatic carbocycles. The first-order valence-electron chi connectivity index (χ1n) is 6.63. The number of hydrogen-bond acceptors (Lipinski definition) is 6. The van der Waals surface area contributed by atoms with Crippen LogP contribution in [0.1, 0.15) is 5.56 Å². The molecule has 0 aromatic heterocycles. The van der Waals surface area contributed by atoms with Gasteiger partial charge in [-0.15, -0.1) is 0 Å². The van der Waals surface area contributed by atoms with Gasteiger partial charge in [0, 0.05) is 12.1 Å². The number of rotatable bonds is 7. The van der Waals surface area contributed by atoms with Crippen molar-refractivity contribution in [3.05, 3.63) is 61.7 Å². The van der Waals surface area contributed by atoms with E-state index in [0.29, 0.717) is 11.4 Å². The van der Waals surface area contributed by atoms with E-state index in [-0.39, 0.29) is 5.69 Å². The second-order valence-electron chi connectivity index (χ2n) is 4.55. The van der Waals surface area contributed by atoms with Gasteiger partial charge in [0.05, 0.1) is 20.4 Å². The molecule has 0 aliphatic rings. The van der Waals surface area contributed by atoms with E-state index in [1.165, 1.54) is 12.1 Å². The van der Waals surface area contributed by atoms with Gasteiger partial charge < -0.3 is 9.84 Å². The maximum atomic E-state index is 10.6. The third kappa shape index (κ3) is 5.19. The van der Waals surface area contributed by atoms with Gasteiger partial charge in [0.25, 0.3) is 5.69 Å². The van der Waals surface area contributed by atoms with Crippen LogP contribution in [-0.2, 0) is 4.79 Å². The van der Waals surface area contributed by atoms with Gasteiger partial charge in [-0.05, 0) is 58.5 Å². The van der Waals surface area contributed by atoms with Crippen LogP contribution >= 0.6 is 22.6 Å². The number of hydrogen-bond donors (Lipinski definition) is 2. The Kier molecular flexibility index (Phi) is 6.07. The van der Waals surface area contributed by atoms with E-state index in [9.17, 15) is 14.9 Å². The van der Waals surface area contributed by atoms with Crippen molar-refractivity contribution in [3.63, 3.8) is 0 Å². The first-order valence-corrected chi connectivity index (χ1v) is 7.71. The number of hydrazone groups is 1. The monoisotopic (exact) mass is 441 g/mol. The topological polar surface area (TPSA) is 114 Å². The molecule has 0 radical (unpaired) electrons. The average Bonchev–Trinajstić information content (AvgIpc) is 2.54. The Morgan fingerprint density at radius 3 is 2.62 bits per heavy atom. The number of anilines is 1. The predicted molar refractivity (Wildman–Crippen MR) is 96.6 cm³/mol. The first-order chi connectivity index (χ1) is 11.5. The van der Waals surface area contributed by atoms with Crippen molar-refractivity contribution in [2.24, 2.45) is 5.10 Å². The summed E-state index contributed by atoms with van der Waals surface area (Å²) in [6.45, 7) is -0.398. The highest BCUT2D eigenvalue weighted by Crippen LogP contribution is 2.21. The Morgan fingerprint density at radius 1 is 1.33 bits per heavy atom. The van der Waals surface area contributed by atoms with Crippen molar-refractivity contribution >= 4 is 46.1 Å². The van der Waals surface area contributed by atoms with E-state index in [1.807, 2.05) is 22.6 Å². The number of carboxylic acid groups (broad SMARTS) is 1. The molecule has 0 aliphatic heterocycles. The maximum absolute atomic E-state index is 10.6. The third-order valence-electron chi connectivity index (χ3n) is 2.79. The minimum atomic E-state index is -1.04. The van der Waals surface area contributed by atoms with Crippen molar-refractivity contribution < 1.29 is 19.6 Å². The number of nitrogens with zero attached hydrogens (tertiary/aromatic N) is 2. The highest BCUT2D eigenvalue weighted by atomic mass is 127. The summed E-state index contributed by atoms with van der Waals surface area (Å²) in [6.07, 6.45) is 1.57. The Balaban J connectivity index is 1.97. The van der Waals surface area contributed by atoms with Gasteiger partial charge in [-0.3, -0.25) is 15.5 Å². The largest absolute Gasteiger partial charge is 0.481 e. The number of non-ortho nitro benzene ring substituents is 1. The smallest absolute Gasteiger partial charge is 0.341 e. The van der Waals surface area contributed by atoms with Gasteiger partial charge in [-0.25, -0.2) is 4.79 Å². The molecule has 8 nitrogen and oxygen atoms in total. The quantitative estimate of drug-likeness (QED) is 0.296. The molecule has 0 saturated carbocycles. The number of benzene rings is 2. The highest BCUT2D eigenvalue weighted by molar-refractivity contribution is 14.1. The lowest BCUT2D eigenvalue weighted by Crippen LogP contribution is -2.10. The van der Waals surface area contributed by atoms with E-state index in [0.717, 1.165) is 9.13 Å². The fraction of sp³-hybridized carbons (Fsp3) is 0.0667. The van der Waals surface area contributed by atoms with Crippen LogP contribution in [-0.4, -0.2) is 28.8 Å². The Labute approximate surface area is 150 Å². The number of ether oxygens (including phenoxy) is 1. The van der Waals surface area contributed by atoms with Crippen molar-refractivity contribution in [1.29, 1.82) is 0 Å². The van der Waals surface area contributed by atoms with Crippen molar-refractivity contribution in [2.45, 2.75) is 0 Å². The third-order valence-corrected chi connectivity index (χ3v) is 3.64. The Morgan fingerprint density at radius 2 is 2.04 bits per heavy atom. The Hall–Kier alpha value is -2.69. The summed E-state index contributed by atoms with van der Waals surface area (Å²) in [5.74, 6) is -0.554. The predicted octanol–water partition coefficient (Wildman–Crippen LogP) is 3.11. The van der Waals surface area contributed by atoms with E-state index in [4.69, 9.17) is 9.84 Å². The number of nitrogens with one attached hydrogen (secondary N) is 1. The van der Waals surface area contributed by atoms with Crippen LogP contribution in [0.4, 0.5) is 11.4 Å². The van der Waals surface area contributed by atoms with Crippen molar-refractivity contribution in [3.8, 4) is 5.75 Å². The molecular formula is C15H12IN3O5. The molecule has 24 heavy (non-hydrogen) atoms. The average molecular weight is 441 g/mol. The summed E-state index contributed by atoms with van der Waals surface area (Å²) < 4.78 is 5.89. The molecule has 0 spiro atoms. The fourth-order valence-corrected chi connectivity index (χ4v) is 2.39. The van der Waals surface area contributed by atoms with Gasteiger partial charge in [-0.2, -0.15) is 5.10 Å². The summed E-state index contributed by atoms with van der Waals surface area (Å²) >= 11 is 2.04. The lowest BCUT2D eigenvalue weighted by atomic mass is 10.2. The number of nitro groups is 1. The van der Waals surface area contributed by atoms with Crippen LogP contribution in [0, 0.1) is 13.7 Å². The minimum absolute atomic E-state index is 0.0102. The van der Waals surface area contributed by atoms with Gasteiger partial charge in [-0.1, -0.05) is 0 Å². The molecule has 0 bridgehead atoms. The molecule has 2 N–H and O–H groups in total. The van der Waals surface area contributed by atoms with E-state index in [2.05, 4.69) is 10.5 Å².